The van der Waals surface area contributed by atoms with Crippen LogP contribution in [-0.2, 0) is 9.57 Å². The summed E-state index contributed by atoms with van der Waals surface area (Å²) in [6, 6.07) is 16.7. The maximum absolute atomic E-state index is 14.1. The van der Waals surface area contributed by atoms with Gasteiger partial charge in [0.1, 0.15) is 7.11 Å². The number of hydrogen-bond donors (Lipinski definition) is 0. The Bertz CT molecular complexity index is 704. The molecule has 0 unspecified atom stereocenters. The minimum Gasteiger partial charge on any atom is -0.454 e. The van der Waals surface area contributed by atoms with E-state index >= 15 is 0 Å². The Hall–Kier alpha value is -2.21. The zero-order chi connectivity index (χ0) is 18.2. The molecule has 25 heavy (non-hydrogen) atoms. The molecular weight excluding hydrogens is 389 g/mol. The largest absolute Gasteiger partial charge is 0.454 e. The van der Waals surface area contributed by atoms with Crippen LogP contribution in [-0.4, -0.2) is 36.4 Å². The summed E-state index contributed by atoms with van der Waals surface area (Å²) >= 11 is 3.15. The summed E-state index contributed by atoms with van der Waals surface area (Å²) in [7, 11) is 1.30. The highest BCUT2D eigenvalue weighted by atomic mass is 79.9. The van der Waals surface area contributed by atoms with E-state index in [0.717, 1.165) is 17.3 Å². The fourth-order valence-corrected chi connectivity index (χ4v) is 2.56. The van der Waals surface area contributed by atoms with Crippen LogP contribution in [0.25, 0.3) is 11.1 Å². The summed E-state index contributed by atoms with van der Waals surface area (Å²) in [6.07, 6.45) is -1.84. The summed E-state index contributed by atoms with van der Waals surface area (Å²) in [5.41, 5.74) is 2.34. The third kappa shape index (κ3) is 5.39. The highest BCUT2D eigenvalue weighted by Gasteiger charge is 2.29. The van der Waals surface area contributed by atoms with Crippen molar-refractivity contribution in [3.8, 4) is 11.1 Å². The van der Waals surface area contributed by atoms with Crippen molar-refractivity contribution in [3.63, 3.8) is 0 Å². The van der Waals surface area contributed by atoms with Crippen LogP contribution in [0.1, 0.15) is 10.4 Å². The molecule has 131 valence electrons. The van der Waals surface area contributed by atoms with Crippen molar-refractivity contribution in [3.05, 3.63) is 67.1 Å². The van der Waals surface area contributed by atoms with E-state index in [1.54, 1.807) is 12.1 Å². The van der Waals surface area contributed by atoms with Crippen molar-refractivity contribution >= 4 is 28.1 Å². The number of ether oxygens (including phenoxy) is 1. The summed E-state index contributed by atoms with van der Waals surface area (Å²) in [5, 5.41) is 3.36. The Morgan fingerprint density at radius 2 is 1.76 bits per heavy atom. The molecular formula is C19H18BrFNO3. The molecule has 2 aromatic carbocycles. The predicted molar refractivity (Wildman–Crippen MR) is 99.6 cm³/mol. The van der Waals surface area contributed by atoms with Crippen LogP contribution >= 0.6 is 15.9 Å². The number of oxime groups is 1. The van der Waals surface area contributed by atoms with Gasteiger partial charge < -0.3 is 9.57 Å². The van der Waals surface area contributed by atoms with Gasteiger partial charge in [-0.3, -0.25) is 0 Å². The normalized spacial score (nSPS) is 14.7. The van der Waals surface area contributed by atoms with Gasteiger partial charge in [0, 0.05) is 0 Å². The lowest BCUT2D eigenvalue weighted by molar-refractivity contribution is 0.0196. The number of carbonyl (C=O) groups is 1. The molecule has 0 aliphatic rings. The van der Waals surface area contributed by atoms with Gasteiger partial charge in [-0.05, 0) is 30.2 Å². The zero-order valence-corrected chi connectivity index (χ0v) is 15.2. The van der Waals surface area contributed by atoms with Crippen LogP contribution in [0, 0.1) is 6.92 Å². The van der Waals surface area contributed by atoms with Gasteiger partial charge in [-0.25, -0.2) is 9.18 Å². The van der Waals surface area contributed by atoms with Gasteiger partial charge >= 0.3 is 5.97 Å². The van der Waals surface area contributed by atoms with Crippen LogP contribution < -0.4 is 0 Å². The van der Waals surface area contributed by atoms with Crippen LogP contribution in [0.3, 0.4) is 0 Å². The van der Waals surface area contributed by atoms with Crippen molar-refractivity contribution in [1.82, 2.24) is 0 Å². The van der Waals surface area contributed by atoms with Gasteiger partial charge in [0.25, 0.3) is 0 Å². The van der Waals surface area contributed by atoms with Gasteiger partial charge in [0.2, 0.25) is 0 Å². The Kier molecular flexibility index (Phi) is 7.13. The van der Waals surface area contributed by atoms with E-state index in [-0.39, 0.29) is 0 Å². The lowest BCUT2D eigenvalue weighted by Crippen LogP contribution is -2.36. The van der Waals surface area contributed by atoms with Crippen molar-refractivity contribution in [1.29, 1.82) is 0 Å². The number of alkyl halides is 2. The van der Waals surface area contributed by atoms with E-state index in [0.29, 0.717) is 5.56 Å². The van der Waals surface area contributed by atoms with Crippen molar-refractivity contribution in [2.75, 3.05) is 7.11 Å². The van der Waals surface area contributed by atoms with Crippen molar-refractivity contribution in [2.24, 2.45) is 5.16 Å². The minimum absolute atomic E-state index is 0.328. The molecule has 4 nitrogen and oxygen atoms in total. The summed E-state index contributed by atoms with van der Waals surface area (Å²) in [6.45, 7) is 3.67. The first kappa shape index (κ1) is 19.1. The minimum atomic E-state index is -1.64. The molecule has 0 fully saturated rings. The van der Waals surface area contributed by atoms with Gasteiger partial charge in [0.15, 0.2) is 12.3 Å². The van der Waals surface area contributed by atoms with Crippen LogP contribution in [0.4, 0.5) is 4.39 Å². The van der Waals surface area contributed by atoms with Crippen LogP contribution in [0.15, 0.2) is 59.8 Å². The predicted octanol–water partition coefficient (Wildman–Crippen LogP) is 4.45. The Morgan fingerprint density at radius 3 is 2.32 bits per heavy atom. The Morgan fingerprint density at radius 1 is 1.16 bits per heavy atom. The van der Waals surface area contributed by atoms with Crippen LogP contribution in [0.2, 0.25) is 0 Å². The first-order valence-electron chi connectivity index (χ1n) is 7.57. The van der Waals surface area contributed by atoms with E-state index in [4.69, 9.17) is 4.74 Å². The molecule has 3 atom stereocenters. The molecule has 0 N–H and O–H groups in total. The van der Waals surface area contributed by atoms with Gasteiger partial charge in [-0.1, -0.05) is 63.6 Å². The molecule has 0 saturated heterocycles. The van der Waals surface area contributed by atoms with Crippen molar-refractivity contribution < 1.29 is 18.8 Å². The number of hydrogen-bond acceptors (Lipinski definition) is 4. The highest BCUT2D eigenvalue weighted by Crippen LogP contribution is 2.21. The summed E-state index contributed by atoms with van der Waals surface area (Å²) in [4.78, 5) is 16.1. The molecule has 2 aromatic rings. The molecule has 0 amide bonds. The molecule has 0 aromatic heterocycles. The number of rotatable bonds is 7. The third-order valence-electron chi connectivity index (χ3n) is 3.45. The average Bonchev–Trinajstić information content (AvgIpc) is 2.64. The van der Waals surface area contributed by atoms with E-state index < -0.39 is 23.1 Å². The SMILES string of the molecule is [CH2][C@H](Br)[C@@H](OC(=O)c1ccc(-c2ccccc2)cc1)[C@H](F)C=NOC. The molecule has 6 heteroatoms. The fraction of sp³-hybridized carbons (Fsp3) is 0.211. The van der Waals surface area contributed by atoms with Gasteiger partial charge in [-0.15, -0.1) is 0 Å². The van der Waals surface area contributed by atoms with E-state index in [1.165, 1.54) is 7.11 Å². The van der Waals surface area contributed by atoms with E-state index in [2.05, 4.69) is 32.8 Å². The van der Waals surface area contributed by atoms with E-state index in [9.17, 15) is 9.18 Å². The Labute approximate surface area is 154 Å². The molecule has 0 heterocycles. The number of carbonyl (C=O) groups excluding carboxylic acids is 1. The number of esters is 1. The van der Waals surface area contributed by atoms with Gasteiger partial charge in [0.05, 0.1) is 16.6 Å². The van der Waals surface area contributed by atoms with Crippen molar-refractivity contribution in [2.45, 2.75) is 17.1 Å². The molecule has 0 aliphatic heterocycles. The molecule has 1 radical (unpaired) electrons. The molecule has 0 spiro atoms. The standard InChI is InChI=1S/C19H18BrFNO3/c1-13(20)18(17(21)12-22-24-2)25-19(23)16-10-8-15(9-11-16)14-6-4-3-5-7-14/h3-13,17-18H,1H2,2H3/t13-,17+,18+/m0/s1. The smallest absolute Gasteiger partial charge is 0.338 e. The second-order valence-corrected chi connectivity index (χ2v) is 6.39. The number of benzene rings is 2. The summed E-state index contributed by atoms with van der Waals surface area (Å²) in [5.74, 6) is -0.633. The van der Waals surface area contributed by atoms with E-state index in [1.807, 2.05) is 42.5 Å². The molecule has 2 rings (SSSR count). The number of halogens is 2. The fourth-order valence-electron chi connectivity index (χ4n) is 2.16. The second kappa shape index (κ2) is 9.32. The van der Waals surface area contributed by atoms with Gasteiger partial charge in [-0.2, -0.15) is 0 Å². The average molecular weight is 407 g/mol. The van der Waals surface area contributed by atoms with Crippen LogP contribution in [0.5, 0.6) is 0 Å². The molecule has 0 bridgehead atoms. The Balaban J connectivity index is 2.10. The third-order valence-corrected chi connectivity index (χ3v) is 3.97. The maximum Gasteiger partial charge on any atom is 0.338 e. The topological polar surface area (TPSA) is 47.9 Å². The maximum atomic E-state index is 14.1. The lowest BCUT2D eigenvalue weighted by Gasteiger charge is -2.21. The first-order valence-corrected chi connectivity index (χ1v) is 8.49. The number of nitrogens with zero attached hydrogens (tertiary/aromatic N) is 1. The summed E-state index contributed by atoms with van der Waals surface area (Å²) < 4.78 is 19.3. The first-order chi connectivity index (χ1) is 12.0. The lowest BCUT2D eigenvalue weighted by atomic mass is 10.0. The quantitative estimate of drug-likeness (QED) is 0.295. The second-order valence-electron chi connectivity index (χ2n) is 5.21. The monoisotopic (exact) mass is 406 g/mol. The zero-order valence-electron chi connectivity index (χ0n) is 13.6. The molecule has 0 saturated carbocycles. The molecule has 0 aliphatic carbocycles. The highest BCUT2D eigenvalue weighted by molar-refractivity contribution is 9.09.